The lowest BCUT2D eigenvalue weighted by Crippen LogP contribution is -2.17. The molecule has 0 unspecified atom stereocenters. The van der Waals surface area contributed by atoms with Crippen LogP contribution in [0.1, 0.15) is 31.9 Å². The second-order valence-corrected chi connectivity index (χ2v) is 4.28. The Balaban J connectivity index is 3.38. The van der Waals surface area contributed by atoms with Gasteiger partial charge < -0.3 is 14.6 Å². The summed E-state index contributed by atoms with van der Waals surface area (Å²) in [6, 6.07) is 3.77. The highest BCUT2D eigenvalue weighted by molar-refractivity contribution is 5.48. The molecule has 0 amide bonds. The number of aliphatic hydroxyl groups is 1. The van der Waals surface area contributed by atoms with E-state index >= 15 is 0 Å². The van der Waals surface area contributed by atoms with Gasteiger partial charge in [-0.25, -0.2) is 0 Å². The van der Waals surface area contributed by atoms with Crippen LogP contribution in [0.15, 0.2) is 12.1 Å². The van der Waals surface area contributed by atoms with Crippen LogP contribution in [0.2, 0.25) is 0 Å². The van der Waals surface area contributed by atoms with E-state index in [4.69, 9.17) is 9.47 Å². The minimum atomic E-state index is -0.915. The Morgan fingerprint density at radius 1 is 1.12 bits per heavy atom. The first-order valence-corrected chi connectivity index (χ1v) is 5.41. The van der Waals surface area contributed by atoms with Crippen molar-refractivity contribution in [2.24, 2.45) is 0 Å². The second-order valence-electron chi connectivity index (χ2n) is 4.28. The van der Waals surface area contributed by atoms with Crippen LogP contribution in [0, 0.1) is 0 Å². The molecule has 0 aliphatic rings. The van der Waals surface area contributed by atoms with Gasteiger partial charge in [0.15, 0.2) is 0 Å². The van der Waals surface area contributed by atoms with Gasteiger partial charge in [0.25, 0.3) is 0 Å². The Hall–Kier alpha value is -1.22. The maximum atomic E-state index is 10.1. The number of hydrogen-bond acceptors (Lipinski definition) is 3. The Morgan fingerprint density at radius 2 is 1.69 bits per heavy atom. The maximum absolute atomic E-state index is 10.1. The zero-order valence-electron chi connectivity index (χ0n) is 10.6. The van der Waals surface area contributed by atoms with Crippen molar-refractivity contribution >= 4 is 0 Å². The minimum Gasteiger partial charge on any atom is -0.496 e. The average molecular weight is 224 g/mol. The normalized spacial score (nSPS) is 11.4. The summed E-state index contributed by atoms with van der Waals surface area (Å²) in [5.41, 5.74) is 0.940. The number of benzene rings is 1. The molecule has 16 heavy (non-hydrogen) atoms. The molecule has 0 radical (unpaired) electrons. The number of rotatable bonds is 4. The first-order valence-electron chi connectivity index (χ1n) is 5.41. The van der Waals surface area contributed by atoms with Crippen molar-refractivity contribution < 1.29 is 14.6 Å². The summed E-state index contributed by atoms with van der Waals surface area (Å²) in [4.78, 5) is 0. The fraction of sp³-hybridized carbons (Fsp3) is 0.538. The lowest BCUT2D eigenvalue weighted by atomic mass is 9.94. The van der Waals surface area contributed by atoms with Gasteiger partial charge in [-0.1, -0.05) is 6.92 Å². The molecule has 0 spiro atoms. The van der Waals surface area contributed by atoms with Gasteiger partial charge in [-0.3, -0.25) is 0 Å². The fourth-order valence-corrected chi connectivity index (χ4v) is 1.72. The van der Waals surface area contributed by atoms with Crippen LogP contribution in [0.5, 0.6) is 11.5 Å². The van der Waals surface area contributed by atoms with E-state index in [1.165, 1.54) is 0 Å². The van der Waals surface area contributed by atoms with Crippen LogP contribution in [-0.2, 0) is 12.0 Å². The first-order chi connectivity index (χ1) is 7.43. The first kappa shape index (κ1) is 12.8. The third-order valence-electron chi connectivity index (χ3n) is 2.64. The summed E-state index contributed by atoms with van der Waals surface area (Å²) in [7, 11) is 3.23. The quantitative estimate of drug-likeness (QED) is 0.854. The summed E-state index contributed by atoms with van der Waals surface area (Å²) in [6.45, 7) is 5.55. The summed E-state index contributed by atoms with van der Waals surface area (Å²) in [5.74, 6) is 1.45. The molecule has 3 heteroatoms. The van der Waals surface area contributed by atoms with Gasteiger partial charge in [0.05, 0.1) is 19.8 Å². The summed E-state index contributed by atoms with van der Waals surface area (Å²) >= 11 is 0. The number of aryl methyl sites for hydroxylation is 1. The van der Waals surface area contributed by atoms with Crippen LogP contribution in [0.25, 0.3) is 0 Å². The topological polar surface area (TPSA) is 38.7 Å². The second kappa shape index (κ2) is 4.74. The van der Waals surface area contributed by atoms with Crippen LogP contribution >= 0.6 is 0 Å². The highest BCUT2D eigenvalue weighted by Gasteiger charge is 2.22. The smallest absolute Gasteiger partial charge is 0.128 e. The monoisotopic (exact) mass is 224 g/mol. The number of ether oxygens (including phenoxy) is 2. The molecule has 0 aromatic heterocycles. The summed E-state index contributed by atoms with van der Waals surface area (Å²) in [6.07, 6.45) is 0.857. The SMILES string of the molecule is CCc1cc(C(C)(C)O)c(OC)cc1OC. The van der Waals surface area contributed by atoms with E-state index in [1.807, 2.05) is 12.1 Å². The number of hydrogen-bond donors (Lipinski definition) is 1. The van der Waals surface area contributed by atoms with E-state index < -0.39 is 5.60 Å². The van der Waals surface area contributed by atoms with Gasteiger partial charge >= 0.3 is 0 Å². The van der Waals surface area contributed by atoms with E-state index in [2.05, 4.69) is 6.92 Å². The van der Waals surface area contributed by atoms with Crippen molar-refractivity contribution in [2.75, 3.05) is 14.2 Å². The third kappa shape index (κ3) is 2.47. The molecule has 1 N–H and O–H groups in total. The molecule has 0 fully saturated rings. The van der Waals surface area contributed by atoms with Gasteiger partial charge in [-0.05, 0) is 31.9 Å². The van der Waals surface area contributed by atoms with Gasteiger partial charge in [0.1, 0.15) is 11.5 Å². The lowest BCUT2D eigenvalue weighted by Gasteiger charge is -2.22. The predicted octanol–water partition coefficient (Wildman–Crippen LogP) is 2.49. The van der Waals surface area contributed by atoms with Gasteiger partial charge in [-0.2, -0.15) is 0 Å². The maximum Gasteiger partial charge on any atom is 0.128 e. The molecule has 90 valence electrons. The van der Waals surface area contributed by atoms with Crippen LogP contribution in [0.3, 0.4) is 0 Å². The third-order valence-corrected chi connectivity index (χ3v) is 2.64. The van der Waals surface area contributed by atoms with Gasteiger partial charge in [0.2, 0.25) is 0 Å². The van der Waals surface area contributed by atoms with E-state index in [1.54, 1.807) is 28.1 Å². The van der Waals surface area contributed by atoms with Crippen molar-refractivity contribution in [2.45, 2.75) is 32.8 Å². The van der Waals surface area contributed by atoms with Crippen LogP contribution in [-0.4, -0.2) is 19.3 Å². The predicted molar refractivity (Wildman–Crippen MR) is 64.2 cm³/mol. The average Bonchev–Trinajstić information content (AvgIpc) is 2.25. The van der Waals surface area contributed by atoms with Crippen molar-refractivity contribution in [3.63, 3.8) is 0 Å². The van der Waals surface area contributed by atoms with Crippen molar-refractivity contribution in [1.29, 1.82) is 0 Å². The van der Waals surface area contributed by atoms with Gasteiger partial charge in [-0.15, -0.1) is 0 Å². The van der Waals surface area contributed by atoms with E-state index in [0.29, 0.717) is 5.75 Å². The molecule has 0 aliphatic carbocycles. The molecule has 3 nitrogen and oxygen atoms in total. The van der Waals surface area contributed by atoms with Crippen molar-refractivity contribution in [3.05, 3.63) is 23.3 Å². The molecule has 0 bridgehead atoms. The standard InChI is InChI=1S/C13H20O3/c1-6-9-7-10(13(2,3)14)12(16-5)8-11(9)15-4/h7-8,14H,6H2,1-5H3. The minimum absolute atomic E-state index is 0.654. The van der Waals surface area contributed by atoms with Gasteiger partial charge in [0, 0.05) is 11.6 Å². The molecular weight excluding hydrogens is 204 g/mol. The highest BCUT2D eigenvalue weighted by Crippen LogP contribution is 2.35. The summed E-state index contributed by atoms with van der Waals surface area (Å²) in [5, 5.41) is 10.1. The molecule has 0 atom stereocenters. The largest absolute Gasteiger partial charge is 0.496 e. The van der Waals surface area contributed by atoms with Crippen molar-refractivity contribution in [3.8, 4) is 11.5 Å². The molecule has 0 saturated heterocycles. The molecular formula is C13H20O3. The van der Waals surface area contributed by atoms with E-state index in [9.17, 15) is 5.11 Å². The molecule has 1 rings (SSSR count). The molecule has 0 heterocycles. The highest BCUT2D eigenvalue weighted by atomic mass is 16.5. The zero-order chi connectivity index (χ0) is 12.3. The van der Waals surface area contributed by atoms with E-state index in [-0.39, 0.29) is 0 Å². The molecule has 1 aromatic rings. The van der Waals surface area contributed by atoms with Crippen molar-refractivity contribution in [1.82, 2.24) is 0 Å². The summed E-state index contributed by atoms with van der Waals surface area (Å²) < 4.78 is 10.6. The Bertz CT molecular complexity index is 364. The Morgan fingerprint density at radius 3 is 2.06 bits per heavy atom. The number of methoxy groups -OCH3 is 2. The molecule has 0 saturated carbocycles. The molecule has 1 aromatic carbocycles. The molecule has 0 aliphatic heterocycles. The van der Waals surface area contributed by atoms with E-state index in [0.717, 1.165) is 23.3 Å². The fourth-order valence-electron chi connectivity index (χ4n) is 1.72. The lowest BCUT2D eigenvalue weighted by molar-refractivity contribution is 0.0755. The Labute approximate surface area is 97.0 Å². The van der Waals surface area contributed by atoms with Crippen LogP contribution in [0.4, 0.5) is 0 Å². The zero-order valence-corrected chi connectivity index (χ0v) is 10.6. The Kier molecular flexibility index (Phi) is 3.81. The van der Waals surface area contributed by atoms with Crippen LogP contribution < -0.4 is 9.47 Å².